The van der Waals surface area contributed by atoms with Crippen LogP contribution in [0.5, 0.6) is 5.75 Å². The smallest absolute Gasteiger partial charge is 0.412 e. The molecule has 12 rings (SSSR count). The van der Waals surface area contributed by atoms with E-state index in [9.17, 15) is 67.4 Å². The largest absolute Gasteiger partial charge is 0.480 e. The molecule has 14 N–H and O–H groups in total. The maximum Gasteiger partial charge on any atom is 0.412 e. The lowest BCUT2D eigenvalue weighted by atomic mass is 9.94. The molecule has 2 atom stereocenters. The molecule has 38 nitrogen and oxygen atoms in total. The van der Waals surface area contributed by atoms with Crippen molar-refractivity contribution in [2.24, 2.45) is 11.7 Å². The summed E-state index contributed by atoms with van der Waals surface area (Å²) in [5.41, 5.74) is 12.2. The van der Waals surface area contributed by atoms with Crippen molar-refractivity contribution in [3.63, 3.8) is 0 Å². The maximum atomic E-state index is 13.7. The predicted molar refractivity (Wildman–Crippen MR) is 556 cm³/mol. The number of carbonyl (C=O) groups is 13. The van der Waals surface area contributed by atoms with Crippen LogP contribution in [0.2, 0.25) is 0 Å². The number of unbranched alkanes of at least 4 members (excludes halogenated alkanes) is 2. The normalized spacial score (nSPS) is 15.9. The fraction of sp³-hybridized carbons (Fsp3) is 0.594. The van der Waals surface area contributed by atoms with E-state index < -0.39 is 76.3 Å². The third-order valence-electron chi connectivity index (χ3n) is 23.9. The summed E-state index contributed by atoms with van der Waals surface area (Å²) in [6.07, 6.45) is 8.03. The van der Waals surface area contributed by atoms with Crippen LogP contribution in [0, 0.1) is 5.92 Å². The third-order valence-corrected chi connectivity index (χ3v) is 23.9. The molecule has 14 amide bonds. The zero-order chi connectivity index (χ0) is 106. The Labute approximate surface area is 861 Å². The van der Waals surface area contributed by atoms with Crippen molar-refractivity contribution in [1.82, 2.24) is 78.1 Å². The molecule has 5 fully saturated rings. The Bertz CT molecular complexity index is 4830. The van der Waals surface area contributed by atoms with Gasteiger partial charge >= 0.3 is 72.7 Å². The van der Waals surface area contributed by atoms with Gasteiger partial charge in [0, 0.05) is 135 Å². The number of amides is 14. The second-order valence-corrected chi connectivity index (χ2v) is 41.5. The van der Waals surface area contributed by atoms with Gasteiger partial charge in [0.05, 0.1) is 6.42 Å². The first-order chi connectivity index (χ1) is 68.1. The van der Waals surface area contributed by atoms with E-state index in [0.29, 0.717) is 122 Å². The number of alkyl carbamates (subject to hydrolysis) is 3. The standard InChI is InChI=1S/C34H46N4O6.C26H32N2O6.C17H24N2O4.C12H23N3O3.C10H20N2O2.C7H15N3O.ClH/c1-34(2,3)44-33(42)36-18-10-9-11-23(31(40)38-19-16-24(17-20-38)37-32(41)35-4)21-30(39)43-22-29-27-14-7-5-12-25(27)26-13-6-8-15-28(26)29;1-26(2,3)34-24(31)27-15-9-8-14-22(23(29)30)28-25(32)33-16-21-19-12-6-4-10-17(19)18-11-5-7-13-20(18)21;1-17(2,3)23-16(21)19-11-9-13(10-12-19)18-15(20)22-14-7-5-4-6-8-14;1-12(2,3)18-11(17)15-7-5-9(6-8-15)14-10(16)13-4;1-10(2,3)14-9(13)12-6-4-8(11)5-7-12;1-8-7(11)10-6-2-4-9-5-3-6;/h5-8,12-15,23-24,29H,9-11,16-22H2,1-4H3,(H,36,42)(H2,35,37,41);4-7,10-13,21-22H,8-9,14-16H2,1-3H3,(H,27,31)(H,28,32)(H,29,30);4-8,13H,9-12H2,1-3H3,(H,18,20);9H,5-8H2,1-4H3,(H2,13,14,16);8H,4-7,11H2,1-3H3;6,9H,2-5H2,1H3,(H2,8,10,11);1H/t23-;22-;;;;;/m01...../s1. The average molecular weight is 2050 g/mol. The van der Waals surface area contributed by atoms with Gasteiger partial charge in [0.15, 0.2) is 0 Å². The van der Waals surface area contributed by atoms with Crippen LogP contribution in [0.3, 0.4) is 0 Å². The van der Waals surface area contributed by atoms with E-state index in [1.165, 1.54) is 0 Å². The van der Waals surface area contributed by atoms with Crippen molar-refractivity contribution in [2.45, 2.75) is 289 Å². The first kappa shape index (κ1) is 121. The Balaban J connectivity index is 0.000000282. The molecule has 0 radical (unpaired) electrons. The summed E-state index contributed by atoms with van der Waals surface area (Å²) in [5, 5.41) is 39.6. The van der Waals surface area contributed by atoms with Crippen LogP contribution in [0.15, 0.2) is 127 Å². The molecular formula is C106H161ClN16O22. The number of nitrogens with two attached hydrogens (primary N) is 1. The quantitative estimate of drug-likeness (QED) is 0.0155. The number of piperidine rings is 5. The van der Waals surface area contributed by atoms with Gasteiger partial charge in [0.1, 0.15) is 53.0 Å². The van der Waals surface area contributed by atoms with Gasteiger partial charge in [0.25, 0.3) is 0 Å². The number of fused-ring (bicyclic) bond motifs is 6. The second kappa shape index (κ2) is 59.8. The van der Waals surface area contributed by atoms with E-state index in [2.05, 4.69) is 82.8 Å². The molecule has 5 heterocycles. The molecule has 5 saturated heterocycles. The van der Waals surface area contributed by atoms with E-state index in [0.717, 1.165) is 109 Å². The Hall–Kier alpha value is -12.6. The number of benzene rings is 5. The zero-order valence-electron chi connectivity index (χ0n) is 88.0. The molecule has 0 spiro atoms. The van der Waals surface area contributed by atoms with E-state index in [1.54, 1.807) is 73.6 Å². The molecule has 5 aromatic carbocycles. The van der Waals surface area contributed by atoms with Gasteiger partial charge in [-0.05, 0) is 270 Å². The number of nitrogens with zero attached hydrogens (tertiary/aromatic N) is 4. The highest BCUT2D eigenvalue weighted by atomic mass is 35.5. The summed E-state index contributed by atoms with van der Waals surface area (Å²) in [7, 11) is 4.80. The Morgan fingerprint density at radius 3 is 1.07 bits per heavy atom. The Kier molecular flexibility index (Phi) is 49.9. The van der Waals surface area contributed by atoms with Crippen LogP contribution >= 0.6 is 12.4 Å². The van der Waals surface area contributed by atoms with Gasteiger partial charge in [-0.3, -0.25) is 9.59 Å². The van der Waals surface area contributed by atoms with Crippen LogP contribution in [-0.4, -0.2) is 280 Å². The minimum Gasteiger partial charge on any atom is -0.480 e. The molecule has 5 aromatic rings. The lowest BCUT2D eigenvalue weighted by Crippen LogP contribution is -2.49. The molecular weight excluding hydrogens is 1880 g/mol. The molecule has 2 aliphatic carbocycles. The molecule has 0 saturated carbocycles. The van der Waals surface area contributed by atoms with Gasteiger partial charge in [0.2, 0.25) is 5.91 Å². The molecule has 0 unspecified atom stereocenters. The number of carboxylic acids is 1. The van der Waals surface area contributed by atoms with Crippen molar-refractivity contribution in [1.29, 1.82) is 0 Å². The molecule has 5 aliphatic heterocycles. The maximum absolute atomic E-state index is 13.7. The number of ether oxygens (including phenoxy) is 8. The van der Waals surface area contributed by atoms with Crippen LogP contribution in [0.25, 0.3) is 22.3 Å². The number of urea groups is 3. The molecule has 0 aromatic heterocycles. The lowest BCUT2D eigenvalue weighted by Gasteiger charge is -2.34. The second-order valence-electron chi connectivity index (χ2n) is 41.5. The minimum atomic E-state index is -1.13. The molecule has 0 bridgehead atoms. The Morgan fingerprint density at radius 2 is 0.710 bits per heavy atom. The highest BCUT2D eigenvalue weighted by Crippen LogP contribution is 2.46. The number of aliphatic carboxylic acids is 1. The topological polar surface area (TPSA) is 487 Å². The van der Waals surface area contributed by atoms with Gasteiger partial charge in [-0.1, -0.05) is 122 Å². The van der Waals surface area contributed by atoms with Crippen LogP contribution in [-0.2, 0) is 47.5 Å². The number of rotatable bonds is 24. The summed E-state index contributed by atoms with van der Waals surface area (Å²) in [5.74, 6) is -1.77. The number of esters is 1. The number of carboxylic acid groups (broad SMARTS) is 1. The lowest BCUT2D eigenvalue weighted by molar-refractivity contribution is -0.149. The zero-order valence-corrected chi connectivity index (χ0v) is 88.9. The number of halogens is 1. The average Bonchev–Trinajstić information content (AvgIpc) is 1.62. The van der Waals surface area contributed by atoms with Gasteiger partial charge in [-0.15, -0.1) is 12.4 Å². The first-order valence-corrected chi connectivity index (χ1v) is 50.4. The summed E-state index contributed by atoms with van der Waals surface area (Å²) < 4.78 is 42.8. The fourth-order valence-electron chi connectivity index (χ4n) is 16.7. The summed E-state index contributed by atoms with van der Waals surface area (Å²) in [4.78, 5) is 162. The van der Waals surface area contributed by atoms with Crippen molar-refractivity contribution in [3.05, 3.63) is 150 Å². The van der Waals surface area contributed by atoms with Crippen LogP contribution in [0.4, 0.5) is 47.9 Å². The molecule has 39 heteroatoms. The molecule has 804 valence electrons. The highest BCUT2D eigenvalue weighted by Gasteiger charge is 2.37. The van der Waals surface area contributed by atoms with Crippen LogP contribution < -0.4 is 69.0 Å². The van der Waals surface area contributed by atoms with Gasteiger partial charge in [-0.2, -0.15) is 0 Å². The SMILES string of the molecule is CC(C)(C)OC(=O)N1CCC(N)CC1.CC(C)(C)OC(=O)N1CCC(NC(=O)Oc2ccccc2)CC1.CC(C)(C)OC(=O)NCCCC[C@@H](NC(=O)OCC1c2ccccc2-c2ccccc21)C(=O)O.CNC(=O)NC1CCN(C(=O)OC(C)(C)C)CC1.CNC(=O)NC1CCN(C(=O)[C@@H](CCCCNC(=O)OC(C)(C)C)CC(=O)OCC2c3ccccc3-c3ccccc32)CC1.CNC(=O)NC1CCNCC1.Cl. The minimum absolute atomic E-state index is 0. The number of para-hydroxylation sites is 1. The highest BCUT2D eigenvalue weighted by molar-refractivity contribution is 5.86. The van der Waals surface area contributed by atoms with Crippen LogP contribution in [0.1, 0.15) is 247 Å². The summed E-state index contributed by atoms with van der Waals surface area (Å²) in [6, 6.07) is 40.5. The number of hydrogen-bond acceptors (Lipinski definition) is 23. The molecule has 145 heavy (non-hydrogen) atoms. The molecule has 7 aliphatic rings. The first-order valence-electron chi connectivity index (χ1n) is 50.4. The van der Waals surface area contributed by atoms with E-state index >= 15 is 0 Å². The van der Waals surface area contributed by atoms with E-state index in [1.807, 2.05) is 174 Å². The third kappa shape index (κ3) is 45.3. The number of nitrogens with one attached hydrogen (secondary N) is 11. The van der Waals surface area contributed by atoms with Crippen molar-refractivity contribution in [2.75, 3.05) is 113 Å². The van der Waals surface area contributed by atoms with Gasteiger partial charge < -0.3 is 127 Å². The van der Waals surface area contributed by atoms with E-state index in [4.69, 9.17) is 43.6 Å². The number of likely N-dealkylation sites (tertiary alicyclic amines) is 4. The Morgan fingerprint density at radius 1 is 0.386 bits per heavy atom. The van der Waals surface area contributed by atoms with E-state index in [-0.39, 0.29) is 117 Å². The summed E-state index contributed by atoms with van der Waals surface area (Å²) >= 11 is 0. The monoisotopic (exact) mass is 2050 g/mol. The van der Waals surface area contributed by atoms with Crippen molar-refractivity contribution >= 4 is 91.0 Å². The summed E-state index contributed by atoms with van der Waals surface area (Å²) in [6.45, 7) is 35.4. The predicted octanol–water partition coefficient (Wildman–Crippen LogP) is 15.6. The van der Waals surface area contributed by atoms with Gasteiger partial charge in [-0.25, -0.2) is 52.7 Å². The number of carbonyl (C=O) groups excluding carboxylic acids is 12. The van der Waals surface area contributed by atoms with Crippen molar-refractivity contribution < 1.29 is 105 Å². The fourth-order valence-corrected chi connectivity index (χ4v) is 16.7. The number of hydrogen-bond donors (Lipinski definition) is 13. The van der Waals surface area contributed by atoms with Crippen molar-refractivity contribution in [3.8, 4) is 28.0 Å².